The normalized spacial score (nSPS) is 12.2. The first-order chi connectivity index (χ1) is 8.59. The van der Waals surface area contributed by atoms with Crippen LogP contribution in [0.3, 0.4) is 0 Å². The summed E-state index contributed by atoms with van der Waals surface area (Å²) >= 11 is 5.74. The van der Waals surface area contributed by atoms with Crippen molar-refractivity contribution in [2.45, 2.75) is 13.8 Å². The minimum atomic E-state index is -3.15. The van der Waals surface area contributed by atoms with Crippen molar-refractivity contribution in [2.75, 3.05) is 19.5 Å². The number of hydrogen-bond donors (Lipinski definition) is 0. The Hall–Kier alpha value is -0.740. The van der Waals surface area contributed by atoms with Crippen LogP contribution in [0.5, 0.6) is 0 Å². The highest BCUT2D eigenvalue weighted by Gasteiger charge is 2.22. The predicted molar refractivity (Wildman–Crippen MR) is 71.7 cm³/mol. The van der Waals surface area contributed by atoms with E-state index in [1.54, 1.807) is 38.1 Å². The zero-order valence-corrected chi connectivity index (χ0v) is 12.0. The van der Waals surface area contributed by atoms with E-state index in [2.05, 4.69) is 10.2 Å². The van der Waals surface area contributed by atoms with Crippen molar-refractivity contribution in [2.24, 2.45) is 10.2 Å². The molecule has 0 unspecified atom stereocenters. The van der Waals surface area contributed by atoms with Gasteiger partial charge in [-0.25, -0.2) is 0 Å². The third kappa shape index (κ3) is 5.27. The lowest BCUT2D eigenvalue weighted by Gasteiger charge is -2.13. The highest BCUT2D eigenvalue weighted by molar-refractivity contribution is 7.53. The first-order valence-corrected chi connectivity index (χ1v) is 7.71. The molecule has 0 aliphatic rings. The van der Waals surface area contributed by atoms with Gasteiger partial charge in [-0.3, -0.25) is 4.57 Å². The summed E-state index contributed by atoms with van der Waals surface area (Å²) in [5, 5.41) is 8.41. The van der Waals surface area contributed by atoms with Gasteiger partial charge in [0.05, 0.1) is 18.9 Å². The van der Waals surface area contributed by atoms with Gasteiger partial charge in [0.15, 0.2) is 6.29 Å². The number of nitrogens with zero attached hydrogens (tertiary/aromatic N) is 2. The topological polar surface area (TPSA) is 60.2 Å². The summed E-state index contributed by atoms with van der Waals surface area (Å²) in [4.78, 5) is 0. The van der Waals surface area contributed by atoms with E-state index in [0.29, 0.717) is 23.9 Å². The second-order valence-electron chi connectivity index (χ2n) is 3.31. The van der Waals surface area contributed by atoms with E-state index in [4.69, 9.17) is 20.6 Å². The van der Waals surface area contributed by atoms with Crippen molar-refractivity contribution >= 4 is 24.9 Å². The number of halogens is 1. The molecule has 0 heterocycles. The lowest BCUT2D eigenvalue weighted by atomic mass is 10.3. The van der Waals surface area contributed by atoms with Crippen molar-refractivity contribution in [1.82, 2.24) is 0 Å². The Morgan fingerprint density at radius 1 is 1.17 bits per heavy atom. The second kappa shape index (κ2) is 7.64. The van der Waals surface area contributed by atoms with E-state index in [9.17, 15) is 4.57 Å². The maximum absolute atomic E-state index is 12.0. The first-order valence-electron chi connectivity index (χ1n) is 5.61. The van der Waals surface area contributed by atoms with Crippen LogP contribution in [0.1, 0.15) is 13.8 Å². The van der Waals surface area contributed by atoms with Crippen molar-refractivity contribution in [3.8, 4) is 0 Å². The molecule has 0 spiro atoms. The Kier molecular flexibility index (Phi) is 6.50. The zero-order chi connectivity index (χ0) is 13.4. The molecule has 0 aliphatic carbocycles. The van der Waals surface area contributed by atoms with Gasteiger partial charge in [-0.1, -0.05) is 11.6 Å². The monoisotopic (exact) mass is 290 g/mol. The van der Waals surface area contributed by atoms with E-state index in [1.807, 2.05) is 0 Å². The Balaban J connectivity index is 2.61. The summed E-state index contributed by atoms with van der Waals surface area (Å²) in [5.74, 6) is 0. The molecule has 0 aromatic heterocycles. The second-order valence-corrected chi connectivity index (χ2v) is 5.76. The molecule has 1 rings (SSSR count). The van der Waals surface area contributed by atoms with Gasteiger partial charge in [0.1, 0.15) is 0 Å². The van der Waals surface area contributed by atoms with Crippen LogP contribution in [0.4, 0.5) is 5.69 Å². The molecule has 0 saturated carbocycles. The molecule has 0 radical (unpaired) electrons. The molecule has 1 aromatic carbocycles. The number of benzene rings is 1. The molecular formula is C11H16ClN2O3P. The van der Waals surface area contributed by atoms with E-state index in [0.717, 1.165) is 0 Å². The predicted octanol–water partition coefficient (Wildman–Crippen LogP) is 4.65. The van der Waals surface area contributed by atoms with Gasteiger partial charge >= 0.3 is 7.60 Å². The summed E-state index contributed by atoms with van der Waals surface area (Å²) in [6, 6.07) is 6.86. The summed E-state index contributed by atoms with van der Waals surface area (Å²) < 4.78 is 22.2. The van der Waals surface area contributed by atoms with Gasteiger partial charge < -0.3 is 9.05 Å². The maximum Gasteiger partial charge on any atom is 0.353 e. The van der Waals surface area contributed by atoms with Gasteiger partial charge in [0.25, 0.3) is 0 Å². The summed E-state index contributed by atoms with van der Waals surface area (Å²) in [7, 11) is -3.15. The lowest BCUT2D eigenvalue weighted by Crippen LogP contribution is -1.98. The molecule has 0 atom stereocenters. The van der Waals surface area contributed by atoms with Crippen LogP contribution in [-0.2, 0) is 13.6 Å². The van der Waals surface area contributed by atoms with Crippen LogP contribution in [-0.4, -0.2) is 19.5 Å². The van der Waals surface area contributed by atoms with Gasteiger partial charge in [0, 0.05) is 5.02 Å². The van der Waals surface area contributed by atoms with E-state index >= 15 is 0 Å². The Labute approximate surface area is 112 Å². The summed E-state index contributed by atoms with van der Waals surface area (Å²) in [5.41, 5.74) is 0.638. The van der Waals surface area contributed by atoms with Crippen LogP contribution in [0.2, 0.25) is 5.02 Å². The largest absolute Gasteiger partial charge is 0.353 e. The number of azo groups is 1. The SMILES string of the molecule is CCOP(=O)(CN=Nc1ccc(Cl)cc1)OCC. The van der Waals surface area contributed by atoms with Crippen LogP contribution in [0, 0.1) is 0 Å². The van der Waals surface area contributed by atoms with Crippen LogP contribution >= 0.6 is 19.2 Å². The highest BCUT2D eigenvalue weighted by atomic mass is 35.5. The molecule has 0 saturated heterocycles. The van der Waals surface area contributed by atoms with Crippen molar-refractivity contribution in [3.63, 3.8) is 0 Å². The third-order valence-corrected chi connectivity index (χ3v) is 3.93. The smallest absolute Gasteiger partial charge is 0.308 e. The lowest BCUT2D eigenvalue weighted by molar-refractivity contribution is 0.220. The zero-order valence-electron chi connectivity index (χ0n) is 10.4. The fourth-order valence-corrected chi connectivity index (χ4v) is 2.58. The van der Waals surface area contributed by atoms with Gasteiger partial charge in [-0.15, -0.1) is 0 Å². The van der Waals surface area contributed by atoms with Crippen LogP contribution in [0.25, 0.3) is 0 Å². The van der Waals surface area contributed by atoms with E-state index in [-0.39, 0.29) is 6.29 Å². The van der Waals surface area contributed by atoms with Crippen molar-refractivity contribution in [1.29, 1.82) is 0 Å². The average Bonchev–Trinajstić information content (AvgIpc) is 2.32. The van der Waals surface area contributed by atoms with Gasteiger partial charge in [0.2, 0.25) is 0 Å². The van der Waals surface area contributed by atoms with E-state index in [1.165, 1.54) is 0 Å². The molecule has 5 nitrogen and oxygen atoms in total. The standard InChI is InChI=1S/C11H16ClN2O3P/c1-3-16-18(15,17-4-2)9-13-14-11-7-5-10(12)6-8-11/h5-8H,3-4,9H2,1-2H3. The molecule has 0 bridgehead atoms. The van der Waals surface area contributed by atoms with Gasteiger partial charge in [-0.2, -0.15) is 10.2 Å². The Morgan fingerprint density at radius 3 is 2.22 bits per heavy atom. The quantitative estimate of drug-likeness (QED) is 0.542. The Morgan fingerprint density at radius 2 is 1.72 bits per heavy atom. The molecule has 0 aliphatic heterocycles. The Bertz CT molecular complexity index is 426. The molecule has 1 aromatic rings. The molecule has 0 N–H and O–H groups in total. The molecule has 0 amide bonds. The summed E-state index contributed by atoms with van der Waals surface area (Å²) in [6.45, 7) is 4.13. The average molecular weight is 291 g/mol. The first kappa shape index (κ1) is 15.3. The number of rotatable bonds is 7. The molecule has 18 heavy (non-hydrogen) atoms. The minimum absolute atomic E-state index is 0.0860. The molecule has 0 fully saturated rings. The fourth-order valence-electron chi connectivity index (χ4n) is 1.21. The molecular weight excluding hydrogens is 275 g/mol. The van der Waals surface area contributed by atoms with Crippen molar-refractivity contribution < 1.29 is 13.6 Å². The van der Waals surface area contributed by atoms with Crippen molar-refractivity contribution in [3.05, 3.63) is 29.3 Å². The fraction of sp³-hybridized carbons (Fsp3) is 0.455. The number of hydrogen-bond acceptors (Lipinski definition) is 5. The van der Waals surface area contributed by atoms with E-state index < -0.39 is 7.60 Å². The van der Waals surface area contributed by atoms with Gasteiger partial charge in [-0.05, 0) is 38.1 Å². The molecule has 7 heteroatoms. The maximum atomic E-state index is 12.0. The van der Waals surface area contributed by atoms with Crippen LogP contribution in [0.15, 0.2) is 34.5 Å². The highest BCUT2D eigenvalue weighted by Crippen LogP contribution is 2.48. The summed E-state index contributed by atoms with van der Waals surface area (Å²) in [6.07, 6.45) is -0.0860. The third-order valence-electron chi connectivity index (χ3n) is 1.90. The molecule has 100 valence electrons. The van der Waals surface area contributed by atoms with Crippen LogP contribution < -0.4 is 0 Å². The minimum Gasteiger partial charge on any atom is -0.308 e.